The van der Waals surface area contributed by atoms with Crippen LogP contribution in [0.4, 0.5) is 0 Å². The maximum absolute atomic E-state index is 6.34. The summed E-state index contributed by atoms with van der Waals surface area (Å²) in [6.45, 7) is 0. The summed E-state index contributed by atoms with van der Waals surface area (Å²) in [5.41, 5.74) is 5.14. The minimum Gasteiger partial charge on any atom is -0.465 e. The average molecular weight is 429 g/mol. The zero-order chi connectivity index (χ0) is 18.9. The summed E-state index contributed by atoms with van der Waals surface area (Å²) in [4.78, 5) is 8.17. The number of ether oxygens (including phenoxy) is 1. The number of fused-ring (bicyclic) bond motifs is 1. The highest BCUT2D eigenvalue weighted by Crippen LogP contribution is 2.35. The van der Waals surface area contributed by atoms with Crippen LogP contribution in [0.3, 0.4) is 0 Å². The van der Waals surface area contributed by atoms with Gasteiger partial charge in [0.2, 0.25) is 5.90 Å². The van der Waals surface area contributed by atoms with Crippen molar-refractivity contribution in [3.63, 3.8) is 0 Å². The summed E-state index contributed by atoms with van der Waals surface area (Å²) in [5, 5.41) is 1.16. The molecule has 1 aromatic heterocycles. The van der Waals surface area contributed by atoms with Gasteiger partial charge in [-0.25, -0.2) is 4.99 Å². The molecule has 4 heteroatoms. The summed E-state index contributed by atoms with van der Waals surface area (Å²) < 4.78 is 7.39. The van der Waals surface area contributed by atoms with Gasteiger partial charge in [-0.15, -0.1) is 0 Å². The molecule has 0 aliphatic carbocycles. The largest absolute Gasteiger partial charge is 0.465 e. The van der Waals surface area contributed by atoms with Gasteiger partial charge in [-0.3, -0.25) is 0 Å². The summed E-state index contributed by atoms with van der Waals surface area (Å²) in [5.74, 6) is 0.635. The maximum atomic E-state index is 6.34. The highest BCUT2D eigenvalue weighted by molar-refractivity contribution is 9.10. The third-order valence-corrected chi connectivity index (χ3v) is 5.39. The van der Waals surface area contributed by atoms with E-state index in [1.165, 1.54) is 0 Å². The van der Waals surface area contributed by atoms with Gasteiger partial charge in [0.1, 0.15) is 6.10 Å². The van der Waals surface area contributed by atoms with E-state index in [4.69, 9.17) is 9.73 Å². The number of hydrogen-bond acceptors (Lipinski definition) is 2. The van der Waals surface area contributed by atoms with Crippen LogP contribution in [0.25, 0.3) is 16.6 Å². The molecule has 4 aromatic rings. The lowest BCUT2D eigenvalue weighted by Crippen LogP contribution is -2.15. The lowest BCUT2D eigenvalue weighted by atomic mass is 10.0. The zero-order valence-corrected chi connectivity index (χ0v) is 16.6. The lowest BCUT2D eigenvalue weighted by Gasteiger charge is -2.23. The van der Waals surface area contributed by atoms with Crippen molar-refractivity contribution in [3.05, 3.63) is 112 Å². The Morgan fingerprint density at radius 1 is 0.821 bits per heavy atom. The molecule has 0 radical (unpaired) electrons. The molecule has 136 valence electrons. The Labute approximate surface area is 171 Å². The van der Waals surface area contributed by atoms with Crippen LogP contribution >= 0.6 is 15.9 Å². The van der Waals surface area contributed by atoms with E-state index in [9.17, 15) is 0 Å². The third kappa shape index (κ3) is 3.16. The van der Waals surface area contributed by atoms with Gasteiger partial charge in [0.05, 0.1) is 5.70 Å². The van der Waals surface area contributed by atoms with Crippen molar-refractivity contribution in [2.24, 2.45) is 4.99 Å². The van der Waals surface area contributed by atoms with Crippen LogP contribution < -0.4 is 0 Å². The van der Waals surface area contributed by atoms with Gasteiger partial charge in [0.25, 0.3) is 0 Å². The molecule has 1 aliphatic rings. The second-order valence-electron chi connectivity index (χ2n) is 6.67. The van der Waals surface area contributed by atoms with Crippen LogP contribution in [0, 0.1) is 0 Å². The topological polar surface area (TPSA) is 37.4 Å². The molecule has 0 saturated heterocycles. The van der Waals surface area contributed by atoms with Crippen LogP contribution in [0.5, 0.6) is 0 Å². The Balaban J connectivity index is 1.63. The Kier molecular flexibility index (Phi) is 4.34. The van der Waals surface area contributed by atoms with E-state index in [2.05, 4.69) is 51.3 Å². The highest BCUT2D eigenvalue weighted by atomic mass is 79.9. The van der Waals surface area contributed by atoms with Crippen LogP contribution in [-0.2, 0) is 4.74 Å². The predicted molar refractivity (Wildman–Crippen MR) is 117 cm³/mol. The van der Waals surface area contributed by atoms with Crippen LogP contribution in [0.1, 0.15) is 22.8 Å². The number of para-hydroxylation sites is 1. The SMILES string of the molecule is Brc1ccc(C2=CC(c3c[nH]c4ccccc34)OC(c3ccccc3)=N2)cc1. The number of hydrogen-bond donors (Lipinski definition) is 1. The maximum Gasteiger partial charge on any atom is 0.222 e. The minimum atomic E-state index is -0.220. The molecule has 1 aliphatic heterocycles. The van der Waals surface area contributed by atoms with E-state index in [0.717, 1.165) is 37.8 Å². The molecule has 1 N–H and O–H groups in total. The van der Waals surface area contributed by atoms with Gasteiger partial charge in [-0.05, 0) is 36.4 Å². The number of rotatable bonds is 3. The molecule has 0 amide bonds. The van der Waals surface area contributed by atoms with E-state index < -0.39 is 0 Å². The first-order valence-electron chi connectivity index (χ1n) is 9.12. The lowest BCUT2D eigenvalue weighted by molar-refractivity contribution is 0.240. The van der Waals surface area contributed by atoms with E-state index in [1.807, 2.05) is 60.8 Å². The number of nitrogens with one attached hydrogen (secondary N) is 1. The van der Waals surface area contributed by atoms with Crippen molar-refractivity contribution in [2.75, 3.05) is 0 Å². The molecule has 1 unspecified atom stereocenters. The Bertz CT molecular complexity index is 1190. The fourth-order valence-electron chi connectivity index (χ4n) is 3.45. The first kappa shape index (κ1) is 17.0. The van der Waals surface area contributed by atoms with E-state index in [1.54, 1.807) is 0 Å². The van der Waals surface area contributed by atoms with E-state index in [0.29, 0.717) is 5.90 Å². The van der Waals surface area contributed by atoms with Gasteiger partial charge in [-0.1, -0.05) is 64.5 Å². The summed E-state index contributed by atoms with van der Waals surface area (Å²) in [6.07, 6.45) is 3.90. The summed E-state index contributed by atoms with van der Waals surface area (Å²) in [6, 6.07) is 26.5. The number of aromatic amines is 1. The number of H-pyrrole nitrogens is 1. The monoisotopic (exact) mass is 428 g/mol. The summed E-state index contributed by atoms with van der Waals surface area (Å²) in [7, 11) is 0. The molecular formula is C24H17BrN2O. The number of halogens is 1. The molecular weight excluding hydrogens is 412 g/mol. The average Bonchev–Trinajstić information content (AvgIpc) is 3.19. The molecule has 2 heterocycles. The first-order valence-corrected chi connectivity index (χ1v) is 9.92. The van der Waals surface area contributed by atoms with Crippen molar-refractivity contribution in [1.82, 2.24) is 4.98 Å². The molecule has 3 nitrogen and oxygen atoms in total. The summed E-state index contributed by atoms with van der Waals surface area (Å²) >= 11 is 3.50. The normalized spacial score (nSPS) is 16.4. The molecule has 0 spiro atoms. The molecule has 28 heavy (non-hydrogen) atoms. The second kappa shape index (κ2) is 7.13. The molecule has 0 bridgehead atoms. The second-order valence-corrected chi connectivity index (χ2v) is 7.59. The number of aromatic nitrogens is 1. The van der Waals surface area contributed by atoms with Crippen molar-refractivity contribution < 1.29 is 4.74 Å². The van der Waals surface area contributed by atoms with Crippen molar-refractivity contribution in [3.8, 4) is 0 Å². The smallest absolute Gasteiger partial charge is 0.222 e. The van der Waals surface area contributed by atoms with Gasteiger partial charge in [0, 0.05) is 38.3 Å². The van der Waals surface area contributed by atoms with Crippen molar-refractivity contribution >= 4 is 38.4 Å². The first-order chi connectivity index (χ1) is 13.8. The number of nitrogens with zero attached hydrogens (tertiary/aromatic N) is 1. The number of aliphatic imine (C=N–C) groups is 1. The molecule has 0 fully saturated rings. The van der Waals surface area contributed by atoms with Crippen molar-refractivity contribution in [1.29, 1.82) is 0 Å². The Morgan fingerprint density at radius 2 is 1.57 bits per heavy atom. The fourth-order valence-corrected chi connectivity index (χ4v) is 3.71. The van der Waals surface area contributed by atoms with Crippen LogP contribution in [0.15, 0.2) is 101 Å². The van der Waals surface area contributed by atoms with Gasteiger partial charge >= 0.3 is 0 Å². The fraction of sp³-hybridized carbons (Fsp3) is 0.0417. The van der Waals surface area contributed by atoms with Crippen LogP contribution in [0.2, 0.25) is 0 Å². The third-order valence-electron chi connectivity index (χ3n) is 4.86. The molecule has 0 saturated carbocycles. The van der Waals surface area contributed by atoms with Crippen molar-refractivity contribution in [2.45, 2.75) is 6.10 Å². The van der Waals surface area contributed by atoms with Crippen LogP contribution in [-0.4, -0.2) is 10.9 Å². The van der Waals surface area contributed by atoms with E-state index >= 15 is 0 Å². The standard InChI is InChI=1S/C24H17BrN2O/c25-18-12-10-16(11-13-18)22-14-23(20-15-26-21-9-5-4-8-19(20)21)28-24(27-22)17-6-2-1-3-7-17/h1-15,23,26H. The molecule has 1 atom stereocenters. The minimum absolute atomic E-state index is 0.220. The number of benzene rings is 3. The quantitative estimate of drug-likeness (QED) is 0.397. The predicted octanol–water partition coefficient (Wildman–Crippen LogP) is 6.49. The Morgan fingerprint density at radius 3 is 2.39 bits per heavy atom. The highest BCUT2D eigenvalue weighted by Gasteiger charge is 2.23. The Hall–Kier alpha value is -3.11. The molecule has 5 rings (SSSR count). The van der Waals surface area contributed by atoms with Gasteiger partial charge in [0.15, 0.2) is 0 Å². The van der Waals surface area contributed by atoms with Gasteiger partial charge in [-0.2, -0.15) is 0 Å². The molecule has 3 aromatic carbocycles. The van der Waals surface area contributed by atoms with Gasteiger partial charge < -0.3 is 9.72 Å². The zero-order valence-electron chi connectivity index (χ0n) is 15.0. The van der Waals surface area contributed by atoms with E-state index in [-0.39, 0.29) is 6.10 Å².